The molecule has 1 unspecified atom stereocenters. The number of H-pyrrole nitrogens is 1. The van der Waals surface area contributed by atoms with E-state index in [0.717, 1.165) is 11.3 Å². The standard InChI is InChI=1S/C15H16N6O3/c16-15-18-6-11(20-15)8-3-4-17-14(22)13-12(8)9-5-7(21(23)24)1-2-10(9)19-13/h1-2,5,15,18-20H,3-4,6,16H2,(H,17,22). The number of aromatic amines is 1. The molecule has 9 heteroatoms. The van der Waals surface area contributed by atoms with Gasteiger partial charge in [0.2, 0.25) is 0 Å². The zero-order valence-electron chi connectivity index (χ0n) is 12.7. The van der Waals surface area contributed by atoms with Gasteiger partial charge < -0.3 is 15.6 Å². The number of hydrogen-bond donors (Lipinski definition) is 5. The van der Waals surface area contributed by atoms with E-state index in [1.54, 1.807) is 6.07 Å². The number of benzene rings is 1. The minimum atomic E-state index is -0.437. The molecule has 0 bridgehead atoms. The highest BCUT2D eigenvalue weighted by molar-refractivity contribution is 6.08. The summed E-state index contributed by atoms with van der Waals surface area (Å²) in [7, 11) is 0. The highest BCUT2D eigenvalue weighted by atomic mass is 16.6. The molecule has 3 heterocycles. The summed E-state index contributed by atoms with van der Waals surface area (Å²) in [4.78, 5) is 26.1. The first-order valence-electron chi connectivity index (χ1n) is 7.61. The molecule has 1 amide bonds. The van der Waals surface area contributed by atoms with Crippen molar-refractivity contribution in [2.45, 2.75) is 12.7 Å². The third-order valence-corrected chi connectivity index (χ3v) is 4.38. The molecular formula is C15H16N6O3. The molecule has 1 fully saturated rings. The van der Waals surface area contributed by atoms with E-state index in [9.17, 15) is 14.9 Å². The molecule has 2 aliphatic heterocycles. The fraction of sp³-hybridized carbons (Fsp3) is 0.267. The number of non-ortho nitro benzene ring substituents is 1. The Hall–Kier alpha value is -2.91. The van der Waals surface area contributed by atoms with E-state index < -0.39 is 4.92 Å². The van der Waals surface area contributed by atoms with Gasteiger partial charge in [-0.15, -0.1) is 0 Å². The molecule has 1 aromatic heterocycles. The van der Waals surface area contributed by atoms with Crippen LogP contribution in [0.25, 0.3) is 16.5 Å². The number of carbonyl (C=O) groups is 1. The summed E-state index contributed by atoms with van der Waals surface area (Å²) in [6.45, 7) is 1.05. The van der Waals surface area contributed by atoms with Gasteiger partial charge in [-0.3, -0.25) is 26.0 Å². The molecule has 0 radical (unpaired) electrons. The predicted molar refractivity (Wildman–Crippen MR) is 87.9 cm³/mol. The summed E-state index contributed by atoms with van der Waals surface area (Å²) in [5, 5.41) is 20.9. The molecule has 4 rings (SSSR count). The summed E-state index contributed by atoms with van der Waals surface area (Å²) >= 11 is 0. The molecular weight excluding hydrogens is 312 g/mol. The van der Waals surface area contributed by atoms with Gasteiger partial charge in [0.25, 0.3) is 11.6 Å². The van der Waals surface area contributed by atoms with E-state index in [1.165, 1.54) is 12.1 Å². The normalized spacial score (nSPS) is 23.5. The number of nitrogens with two attached hydrogens (primary N) is 1. The second-order valence-electron chi connectivity index (χ2n) is 5.83. The van der Waals surface area contributed by atoms with E-state index in [2.05, 4.69) is 20.9 Å². The number of nitrogens with one attached hydrogen (secondary N) is 4. The minimum absolute atomic E-state index is 0.00693. The molecule has 124 valence electrons. The molecule has 1 saturated heterocycles. The minimum Gasteiger partial charge on any atom is -0.360 e. The monoisotopic (exact) mass is 328 g/mol. The van der Waals surface area contributed by atoms with E-state index in [1.807, 2.05) is 0 Å². The lowest BCUT2D eigenvalue weighted by Crippen LogP contribution is -2.39. The maximum atomic E-state index is 12.4. The average molecular weight is 328 g/mol. The smallest absolute Gasteiger partial charge is 0.270 e. The number of nitrogens with zero attached hydrogens (tertiary/aromatic N) is 1. The Labute approximate surface area is 136 Å². The van der Waals surface area contributed by atoms with Crippen LogP contribution in [0.5, 0.6) is 0 Å². The lowest BCUT2D eigenvalue weighted by atomic mass is 9.97. The Morgan fingerprint density at radius 1 is 1.33 bits per heavy atom. The summed E-state index contributed by atoms with van der Waals surface area (Å²) in [5.41, 5.74) is 9.50. The molecule has 1 atom stereocenters. The third kappa shape index (κ3) is 2.22. The van der Waals surface area contributed by atoms with Crippen LogP contribution in [0.15, 0.2) is 23.9 Å². The summed E-state index contributed by atoms with van der Waals surface area (Å²) < 4.78 is 0. The van der Waals surface area contributed by atoms with Crippen LogP contribution in [-0.4, -0.2) is 35.2 Å². The van der Waals surface area contributed by atoms with Crippen LogP contribution in [0.2, 0.25) is 0 Å². The van der Waals surface area contributed by atoms with Crippen LogP contribution in [0, 0.1) is 10.1 Å². The molecule has 9 nitrogen and oxygen atoms in total. The van der Waals surface area contributed by atoms with Gasteiger partial charge in [0, 0.05) is 47.4 Å². The van der Waals surface area contributed by atoms with Gasteiger partial charge in [0.05, 0.1) is 4.92 Å². The van der Waals surface area contributed by atoms with Crippen molar-refractivity contribution in [3.63, 3.8) is 0 Å². The van der Waals surface area contributed by atoms with Gasteiger partial charge in [0.1, 0.15) is 12.0 Å². The molecule has 6 N–H and O–H groups in total. The first-order chi connectivity index (χ1) is 11.5. The van der Waals surface area contributed by atoms with Crippen LogP contribution < -0.4 is 21.7 Å². The van der Waals surface area contributed by atoms with E-state index in [0.29, 0.717) is 41.7 Å². The highest BCUT2D eigenvalue weighted by Gasteiger charge is 2.28. The Morgan fingerprint density at radius 2 is 2.17 bits per heavy atom. The van der Waals surface area contributed by atoms with Crippen molar-refractivity contribution >= 4 is 28.1 Å². The van der Waals surface area contributed by atoms with E-state index in [-0.39, 0.29) is 17.9 Å². The second kappa shape index (κ2) is 5.32. The number of aromatic nitrogens is 1. The number of nitro groups is 1. The zero-order valence-corrected chi connectivity index (χ0v) is 12.7. The lowest BCUT2D eigenvalue weighted by molar-refractivity contribution is -0.384. The number of fused-ring (bicyclic) bond motifs is 3. The van der Waals surface area contributed by atoms with Crippen molar-refractivity contribution in [1.82, 2.24) is 20.9 Å². The summed E-state index contributed by atoms with van der Waals surface area (Å²) in [6.07, 6.45) is 0.271. The zero-order chi connectivity index (χ0) is 16.8. The topological polar surface area (TPSA) is 138 Å². The number of hydrogen-bond acceptors (Lipinski definition) is 6. The van der Waals surface area contributed by atoms with Crippen LogP contribution in [0.4, 0.5) is 5.69 Å². The summed E-state index contributed by atoms with van der Waals surface area (Å²) in [6, 6.07) is 4.56. The van der Waals surface area contributed by atoms with Crippen molar-refractivity contribution < 1.29 is 9.72 Å². The largest absolute Gasteiger partial charge is 0.360 e. The second-order valence-corrected chi connectivity index (χ2v) is 5.83. The first-order valence-corrected chi connectivity index (χ1v) is 7.61. The number of nitro benzene ring substituents is 1. The molecule has 0 spiro atoms. The van der Waals surface area contributed by atoms with Gasteiger partial charge in [-0.1, -0.05) is 0 Å². The van der Waals surface area contributed by atoms with Crippen molar-refractivity contribution in [2.75, 3.05) is 13.1 Å². The van der Waals surface area contributed by atoms with Crippen LogP contribution in [0.1, 0.15) is 22.5 Å². The van der Waals surface area contributed by atoms with Crippen molar-refractivity contribution in [1.29, 1.82) is 0 Å². The van der Waals surface area contributed by atoms with Crippen molar-refractivity contribution in [3.8, 4) is 0 Å². The van der Waals surface area contributed by atoms with Gasteiger partial charge in [-0.2, -0.15) is 0 Å². The Balaban J connectivity index is 2.00. The molecule has 24 heavy (non-hydrogen) atoms. The summed E-state index contributed by atoms with van der Waals surface area (Å²) in [5.74, 6) is -0.213. The maximum Gasteiger partial charge on any atom is 0.270 e. The number of rotatable bonds is 1. The van der Waals surface area contributed by atoms with Gasteiger partial charge in [-0.25, -0.2) is 0 Å². The van der Waals surface area contributed by atoms with Crippen molar-refractivity contribution in [2.24, 2.45) is 5.73 Å². The quantitative estimate of drug-likeness (QED) is 0.378. The SMILES string of the molecule is NC1NCC(=C2CCNC(=O)c3[nH]c4ccc([N+](=O)[O-])cc4c32)N1. The fourth-order valence-electron chi connectivity index (χ4n) is 3.29. The molecule has 2 aliphatic rings. The van der Waals surface area contributed by atoms with Crippen molar-refractivity contribution in [3.05, 3.63) is 45.3 Å². The van der Waals surface area contributed by atoms with Crippen LogP contribution in [0.3, 0.4) is 0 Å². The Bertz CT molecular complexity index is 900. The van der Waals surface area contributed by atoms with Crippen LogP contribution in [-0.2, 0) is 0 Å². The van der Waals surface area contributed by atoms with Gasteiger partial charge >= 0.3 is 0 Å². The van der Waals surface area contributed by atoms with Crippen LogP contribution >= 0.6 is 0 Å². The molecule has 0 saturated carbocycles. The predicted octanol–water partition coefficient (Wildman–Crippen LogP) is 0.356. The van der Waals surface area contributed by atoms with E-state index in [4.69, 9.17) is 5.73 Å². The Morgan fingerprint density at radius 3 is 2.88 bits per heavy atom. The molecule has 2 aromatic rings. The first kappa shape index (κ1) is 14.7. The Kier molecular flexibility index (Phi) is 3.25. The lowest BCUT2D eigenvalue weighted by Gasteiger charge is -2.10. The van der Waals surface area contributed by atoms with Gasteiger partial charge in [-0.05, 0) is 18.1 Å². The highest BCUT2D eigenvalue weighted by Crippen LogP contribution is 2.35. The molecule has 1 aromatic carbocycles. The third-order valence-electron chi connectivity index (χ3n) is 4.38. The average Bonchev–Trinajstić information content (AvgIpc) is 3.10. The fourth-order valence-corrected chi connectivity index (χ4v) is 3.29. The maximum absolute atomic E-state index is 12.4. The van der Waals surface area contributed by atoms with Gasteiger partial charge in [0.15, 0.2) is 0 Å². The number of amides is 1. The van der Waals surface area contributed by atoms with E-state index >= 15 is 0 Å². The molecule has 0 aliphatic carbocycles. The number of carbonyl (C=O) groups excluding carboxylic acids is 1.